The van der Waals surface area contributed by atoms with Crippen molar-refractivity contribution in [1.82, 2.24) is 0 Å². The number of Topliss-reactive ketones (excluding diaryl/α,β-unsaturated/α-hetero) is 2. The number of ketones is 2. The fraction of sp³-hybridized carbons (Fsp3) is 0.400. The molecule has 0 amide bonds. The lowest BCUT2D eigenvalue weighted by molar-refractivity contribution is -0.115. The first-order chi connectivity index (χ1) is 13.4. The van der Waals surface area contributed by atoms with Crippen LogP contribution in [-0.4, -0.2) is 56.4 Å². The minimum atomic E-state index is -1.02. The van der Waals surface area contributed by atoms with E-state index >= 15 is 0 Å². The second-order valence-corrected chi connectivity index (χ2v) is 10.0. The van der Waals surface area contributed by atoms with Crippen LogP contribution in [0.2, 0.25) is 0 Å². The van der Waals surface area contributed by atoms with Crippen LogP contribution in [0.1, 0.15) is 0 Å². The van der Waals surface area contributed by atoms with Gasteiger partial charge in [-0.2, -0.15) is 0 Å². The lowest BCUT2D eigenvalue weighted by Gasteiger charge is -2.39. The average Bonchev–Trinajstić information content (AvgIpc) is 3.21. The molecule has 0 aromatic rings. The molecule has 0 saturated carbocycles. The summed E-state index contributed by atoms with van der Waals surface area (Å²) in [5.41, 5.74) is 0.967. The summed E-state index contributed by atoms with van der Waals surface area (Å²) in [5.74, 6) is -2.51. The maximum Gasteiger partial charge on any atom is 0.198 e. The molecule has 4 N–H and O–H groups in total. The first-order valence-electron chi connectivity index (χ1n) is 9.16. The molecule has 28 heavy (non-hydrogen) atoms. The molecule has 8 atom stereocenters. The first-order valence-corrected chi connectivity index (χ1v) is 10.8. The minimum absolute atomic E-state index is 0.262. The van der Waals surface area contributed by atoms with Crippen molar-refractivity contribution in [2.45, 2.75) is 24.4 Å². The van der Waals surface area contributed by atoms with E-state index in [4.69, 9.17) is 0 Å². The number of carbonyl (C=O) groups excluding carboxylic acids is 2. The Balaban J connectivity index is 1.40. The summed E-state index contributed by atoms with van der Waals surface area (Å²) < 4.78 is 0. The van der Waals surface area contributed by atoms with Gasteiger partial charge in [0, 0.05) is 44.6 Å². The lowest BCUT2D eigenvalue weighted by Crippen LogP contribution is -2.46. The molecular formula is C20H16O6S2. The van der Waals surface area contributed by atoms with Crippen molar-refractivity contribution in [2.24, 2.45) is 23.7 Å². The Kier molecular flexibility index (Phi) is 3.48. The summed E-state index contributed by atoms with van der Waals surface area (Å²) in [6.07, 6.45) is 3.20. The van der Waals surface area contributed by atoms with Gasteiger partial charge < -0.3 is 20.4 Å². The second-order valence-electron chi connectivity index (χ2n) is 7.91. The Morgan fingerprint density at radius 3 is 1.29 bits per heavy atom. The second kappa shape index (κ2) is 5.59. The molecule has 2 heterocycles. The van der Waals surface area contributed by atoms with E-state index < -0.39 is 48.1 Å². The zero-order valence-electron chi connectivity index (χ0n) is 14.4. The van der Waals surface area contributed by atoms with E-state index in [9.17, 15) is 30.0 Å². The van der Waals surface area contributed by atoms with E-state index in [1.54, 1.807) is 12.2 Å². The highest BCUT2D eigenvalue weighted by Gasteiger charge is 2.54. The predicted octanol–water partition coefficient (Wildman–Crippen LogP) is 0.413. The highest BCUT2D eigenvalue weighted by atomic mass is 32.2. The monoisotopic (exact) mass is 416 g/mol. The smallest absolute Gasteiger partial charge is 0.198 e. The number of hydrogen-bond acceptors (Lipinski definition) is 8. The van der Waals surface area contributed by atoms with Gasteiger partial charge >= 0.3 is 0 Å². The molecule has 0 fully saturated rings. The van der Waals surface area contributed by atoms with Crippen LogP contribution in [0.5, 0.6) is 0 Å². The standard InChI is InChI=1S/C20H16O6S2/c21-11-5-1-3-7(13(11)23)17-9(5)15(25)19(27-17)20-16(26)10-6-2-4-8(18(10)28-20)14(24)12(6)22/h1-8,11-14,21-24H/b20-19+. The van der Waals surface area contributed by atoms with Gasteiger partial charge in [0.25, 0.3) is 0 Å². The Bertz CT molecular complexity index is 938. The number of fused-ring (bicyclic) bond motifs is 2. The summed E-state index contributed by atoms with van der Waals surface area (Å²) in [5, 5.41) is 41.1. The molecule has 6 nitrogen and oxygen atoms in total. The molecule has 8 unspecified atom stereocenters. The van der Waals surface area contributed by atoms with Crippen LogP contribution in [0.3, 0.4) is 0 Å². The van der Waals surface area contributed by atoms with Crippen molar-refractivity contribution in [3.05, 3.63) is 55.1 Å². The van der Waals surface area contributed by atoms with E-state index in [0.29, 0.717) is 21.0 Å². The third kappa shape index (κ3) is 1.91. The Morgan fingerprint density at radius 1 is 0.571 bits per heavy atom. The first kappa shape index (κ1) is 17.4. The third-order valence-corrected chi connectivity index (χ3v) is 9.30. The van der Waals surface area contributed by atoms with Crippen molar-refractivity contribution < 1.29 is 30.0 Å². The number of rotatable bonds is 0. The highest BCUT2D eigenvalue weighted by molar-refractivity contribution is 8.12. The van der Waals surface area contributed by atoms with Gasteiger partial charge in [-0.25, -0.2) is 0 Å². The summed E-state index contributed by atoms with van der Waals surface area (Å²) in [4.78, 5) is 28.4. The molecule has 8 rings (SSSR count). The normalized spacial score (nSPS) is 48.3. The largest absolute Gasteiger partial charge is 0.389 e. The molecule has 0 saturated heterocycles. The highest BCUT2D eigenvalue weighted by Crippen LogP contribution is 2.60. The van der Waals surface area contributed by atoms with E-state index in [1.165, 1.54) is 23.5 Å². The summed E-state index contributed by atoms with van der Waals surface area (Å²) in [7, 11) is 0. The molecule has 8 aliphatic rings. The predicted molar refractivity (Wildman–Crippen MR) is 103 cm³/mol. The van der Waals surface area contributed by atoms with Gasteiger partial charge in [-0.3, -0.25) is 9.59 Å². The van der Waals surface area contributed by atoms with Crippen molar-refractivity contribution in [1.29, 1.82) is 0 Å². The van der Waals surface area contributed by atoms with Crippen LogP contribution in [0.15, 0.2) is 55.1 Å². The van der Waals surface area contributed by atoms with Gasteiger partial charge in [0.2, 0.25) is 0 Å². The van der Waals surface area contributed by atoms with Crippen LogP contribution < -0.4 is 0 Å². The summed E-state index contributed by atoms with van der Waals surface area (Å²) in [6.45, 7) is 0. The van der Waals surface area contributed by atoms with E-state index in [-0.39, 0.29) is 11.6 Å². The Hall–Kier alpha value is -1.42. The number of hydrogen-bond donors (Lipinski definition) is 4. The molecule has 0 aromatic carbocycles. The summed E-state index contributed by atoms with van der Waals surface area (Å²) >= 11 is 2.43. The maximum atomic E-state index is 13.2. The van der Waals surface area contributed by atoms with Gasteiger partial charge in [0.05, 0.1) is 34.2 Å². The van der Waals surface area contributed by atoms with E-state index in [1.807, 2.05) is 12.2 Å². The third-order valence-electron chi connectivity index (χ3n) is 6.56. The fourth-order valence-electron chi connectivity index (χ4n) is 5.12. The van der Waals surface area contributed by atoms with Crippen molar-refractivity contribution in [3.63, 3.8) is 0 Å². The number of carbonyl (C=O) groups is 2. The minimum Gasteiger partial charge on any atom is -0.389 e. The van der Waals surface area contributed by atoms with E-state index in [0.717, 1.165) is 9.81 Å². The van der Waals surface area contributed by atoms with Crippen LogP contribution >= 0.6 is 23.5 Å². The van der Waals surface area contributed by atoms with Gasteiger partial charge in [0.15, 0.2) is 11.6 Å². The number of aliphatic hydroxyl groups is 4. The quantitative estimate of drug-likeness (QED) is 0.332. The number of allylic oxidation sites excluding steroid dienone is 2. The van der Waals surface area contributed by atoms with Crippen molar-refractivity contribution in [3.8, 4) is 0 Å². The van der Waals surface area contributed by atoms with Gasteiger partial charge in [-0.15, -0.1) is 0 Å². The zero-order valence-corrected chi connectivity index (χ0v) is 16.0. The number of thioether (sulfide) groups is 2. The van der Waals surface area contributed by atoms with Crippen LogP contribution in [0, 0.1) is 23.7 Å². The molecule has 6 aliphatic carbocycles. The SMILES string of the molecule is O=C1C2=C(S/C1=C1/SC3=C(C1=O)C1C=CC3C(O)C1O)C1C=CC2C(O)C1O. The molecule has 8 heteroatoms. The number of aliphatic hydroxyl groups excluding tert-OH is 4. The Morgan fingerprint density at radius 2 is 0.893 bits per heavy atom. The maximum absolute atomic E-state index is 13.2. The van der Waals surface area contributed by atoms with Gasteiger partial charge in [0.1, 0.15) is 0 Å². The van der Waals surface area contributed by atoms with Crippen LogP contribution in [-0.2, 0) is 9.59 Å². The van der Waals surface area contributed by atoms with E-state index in [2.05, 4.69) is 0 Å². The molecular weight excluding hydrogens is 400 g/mol. The summed E-state index contributed by atoms with van der Waals surface area (Å²) in [6, 6.07) is 0. The molecule has 0 radical (unpaired) electrons. The van der Waals surface area contributed by atoms with Crippen molar-refractivity contribution in [2.75, 3.05) is 0 Å². The lowest BCUT2D eigenvalue weighted by atomic mass is 9.71. The zero-order chi connectivity index (χ0) is 19.5. The Labute approximate surface area is 168 Å². The molecule has 4 bridgehead atoms. The molecule has 0 aromatic heterocycles. The van der Waals surface area contributed by atoms with Crippen LogP contribution in [0.4, 0.5) is 0 Å². The molecule has 2 aliphatic heterocycles. The van der Waals surface area contributed by atoms with Crippen molar-refractivity contribution >= 4 is 35.1 Å². The van der Waals surface area contributed by atoms with Gasteiger partial charge in [-0.1, -0.05) is 47.8 Å². The van der Waals surface area contributed by atoms with Crippen LogP contribution in [0.25, 0.3) is 0 Å². The molecule has 0 spiro atoms. The molecule has 144 valence electrons. The fourth-order valence-corrected chi connectivity index (χ4v) is 7.97. The average molecular weight is 416 g/mol. The van der Waals surface area contributed by atoms with Gasteiger partial charge in [-0.05, 0) is 0 Å². The topological polar surface area (TPSA) is 115 Å².